The third-order valence-electron chi connectivity index (χ3n) is 2.11. The number of rotatable bonds is 4. The summed E-state index contributed by atoms with van der Waals surface area (Å²) in [6.07, 6.45) is -0.658. The molecule has 5 heteroatoms. The van der Waals surface area contributed by atoms with Crippen LogP contribution in [0.3, 0.4) is 0 Å². The van der Waals surface area contributed by atoms with Gasteiger partial charge in [-0.05, 0) is 45.4 Å². The zero-order valence-electron chi connectivity index (χ0n) is 11.0. The third kappa shape index (κ3) is 4.11. The standard InChI is InChI=1S/C13H18ClNO3/c1-5-17-12-9(4)6-10(7-11(12)14)15-13(16)18-8(2)3/h6-8H,5H2,1-4H3,(H,15,16). The van der Waals surface area contributed by atoms with Crippen LogP contribution in [0.15, 0.2) is 12.1 Å². The number of amides is 1. The van der Waals surface area contributed by atoms with Crippen LogP contribution in [0, 0.1) is 6.92 Å². The Morgan fingerprint density at radius 1 is 1.44 bits per heavy atom. The smallest absolute Gasteiger partial charge is 0.411 e. The van der Waals surface area contributed by atoms with Crippen molar-refractivity contribution in [1.82, 2.24) is 0 Å². The van der Waals surface area contributed by atoms with E-state index >= 15 is 0 Å². The van der Waals surface area contributed by atoms with Crippen molar-refractivity contribution < 1.29 is 14.3 Å². The molecule has 100 valence electrons. The fourth-order valence-electron chi connectivity index (χ4n) is 1.49. The molecule has 0 aliphatic rings. The molecule has 0 bridgehead atoms. The molecule has 1 aromatic rings. The largest absolute Gasteiger partial charge is 0.492 e. The lowest BCUT2D eigenvalue weighted by Gasteiger charge is -2.13. The minimum Gasteiger partial charge on any atom is -0.492 e. The lowest BCUT2D eigenvalue weighted by Crippen LogP contribution is -2.18. The molecule has 4 nitrogen and oxygen atoms in total. The van der Waals surface area contributed by atoms with Gasteiger partial charge in [-0.15, -0.1) is 0 Å². The quantitative estimate of drug-likeness (QED) is 0.900. The molecule has 0 aliphatic carbocycles. The molecule has 0 heterocycles. The molecule has 1 aromatic carbocycles. The van der Waals surface area contributed by atoms with Gasteiger partial charge in [0.25, 0.3) is 0 Å². The van der Waals surface area contributed by atoms with Crippen molar-refractivity contribution in [3.8, 4) is 5.75 Å². The number of benzene rings is 1. The average Bonchev–Trinajstić information content (AvgIpc) is 2.22. The average molecular weight is 272 g/mol. The highest BCUT2D eigenvalue weighted by Crippen LogP contribution is 2.32. The van der Waals surface area contributed by atoms with Crippen molar-refractivity contribution >= 4 is 23.4 Å². The highest BCUT2D eigenvalue weighted by Gasteiger charge is 2.10. The molecule has 1 N–H and O–H groups in total. The fourth-order valence-corrected chi connectivity index (χ4v) is 1.81. The lowest BCUT2D eigenvalue weighted by atomic mass is 10.2. The Balaban J connectivity index is 2.83. The number of carbonyl (C=O) groups is 1. The van der Waals surface area contributed by atoms with Gasteiger partial charge in [0.05, 0.1) is 17.7 Å². The van der Waals surface area contributed by atoms with Gasteiger partial charge >= 0.3 is 6.09 Å². The van der Waals surface area contributed by atoms with E-state index in [1.807, 2.05) is 13.8 Å². The van der Waals surface area contributed by atoms with Crippen LogP contribution in [-0.4, -0.2) is 18.8 Å². The molecule has 18 heavy (non-hydrogen) atoms. The maximum absolute atomic E-state index is 11.4. The van der Waals surface area contributed by atoms with Gasteiger partial charge in [0.15, 0.2) is 0 Å². The first-order chi connectivity index (χ1) is 8.43. The molecule has 0 unspecified atom stereocenters. The van der Waals surface area contributed by atoms with Crippen LogP contribution in [0.25, 0.3) is 0 Å². The zero-order valence-corrected chi connectivity index (χ0v) is 11.8. The van der Waals surface area contributed by atoms with Crippen molar-refractivity contribution in [2.45, 2.75) is 33.8 Å². The molecule has 1 rings (SSSR count). The number of hydrogen-bond donors (Lipinski definition) is 1. The number of aryl methyl sites for hydroxylation is 1. The van der Waals surface area contributed by atoms with E-state index < -0.39 is 6.09 Å². The van der Waals surface area contributed by atoms with E-state index in [1.165, 1.54) is 0 Å². The summed E-state index contributed by atoms with van der Waals surface area (Å²) in [5, 5.41) is 3.09. The van der Waals surface area contributed by atoms with Crippen LogP contribution in [0.1, 0.15) is 26.3 Å². The molecule has 0 fully saturated rings. The van der Waals surface area contributed by atoms with E-state index in [-0.39, 0.29) is 6.10 Å². The van der Waals surface area contributed by atoms with E-state index in [9.17, 15) is 4.79 Å². The molecule has 0 spiro atoms. The fraction of sp³-hybridized carbons (Fsp3) is 0.462. The molecule has 0 atom stereocenters. The molecule has 0 saturated heterocycles. The summed E-state index contributed by atoms with van der Waals surface area (Å²) in [5.74, 6) is 0.641. The summed E-state index contributed by atoms with van der Waals surface area (Å²) in [6.45, 7) is 7.88. The second kappa shape index (κ2) is 6.50. The van der Waals surface area contributed by atoms with Crippen molar-refractivity contribution in [2.24, 2.45) is 0 Å². The molecule has 1 amide bonds. The molecule has 0 aromatic heterocycles. The van der Waals surface area contributed by atoms with E-state index in [4.69, 9.17) is 21.1 Å². The van der Waals surface area contributed by atoms with Gasteiger partial charge < -0.3 is 9.47 Å². The third-order valence-corrected chi connectivity index (χ3v) is 2.39. The summed E-state index contributed by atoms with van der Waals surface area (Å²) >= 11 is 6.09. The topological polar surface area (TPSA) is 47.6 Å². The van der Waals surface area contributed by atoms with E-state index in [2.05, 4.69) is 5.32 Å². The van der Waals surface area contributed by atoms with Gasteiger partial charge in [0, 0.05) is 5.69 Å². The maximum Gasteiger partial charge on any atom is 0.411 e. The number of anilines is 1. The predicted octanol–water partition coefficient (Wildman–Crippen LogP) is 4.00. The summed E-state index contributed by atoms with van der Waals surface area (Å²) in [4.78, 5) is 11.4. The molecule has 0 radical (unpaired) electrons. The Hall–Kier alpha value is -1.42. The zero-order chi connectivity index (χ0) is 13.7. The van der Waals surface area contributed by atoms with Gasteiger partial charge in [-0.1, -0.05) is 11.6 Å². The summed E-state index contributed by atoms with van der Waals surface area (Å²) < 4.78 is 10.4. The van der Waals surface area contributed by atoms with Gasteiger partial charge in [-0.3, -0.25) is 5.32 Å². The Bertz CT molecular complexity index is 409. The Morgan fingerprint density at radius 2 is 2.11 bits per heavy atom. The second-order valence-electron chi connectivity index (χ2n) is 4.12. The van der Waals surface area contributed by atoms with E-state index in [1.54, 1.807) is 26.0 Å². The molecule has 0 aliphatic heterocycles. The van der Waals surface area contributed by atoms with E-state index in [0.29, 0.717) is 23.1 Å². The predicted molar refractivity (Wildman–Crippen MR) is 72.6 cm³/mol. The molecular formula is C13H18ClNO3. The lowest BCUT2D eigenvalue weighted by molar-refractivity contribution is 0.130. The Kier molecular flexibility index (Phi) is 5.28. The van der Waals surface area contributed by atoms with Crippen LogP contribution in [0.5, 0.6) is 5.75 Å². The number of halogens is 1. The first kappa shape index (κ1) is 14.6. The second-order valence-corrected chi connectivity index (χ2v) is 4.52. The van der Waals surface area contributed by atoms with Crippen molar-refractivity contribution in [3.05, 3.63) is 22.7 Å². The Morgan fingerprint density at radius 3 is 2.61 bits per heavy atom. The maximum atomic E-state index is 11.4. The van der Waals surface area contributed by atoms with Crippen LogP contribution >= 0.6 is 11.6 Å². The number of nitrogens with one attached hydrogen (secondary N) is 1. The number of carbonyl (C=O) groups excluding carboxylic acids is 1. The first-order valence-corrected chi connectivity index (χ1v) is 6.22. The number of ether oxygens (including phenoxy) is 2. The SMILES string of the molecule is CCOc1c(C)cc(NC(=O)OC(C)C)cc1Cl. The van der Waals surface area contributed by atoms with Crippen LogP contribution < -0.4 is 10.1 Å². The normalized spacial score (nSPS) is 10.3. The van der Waals surface area contributed by atoms with Gasteiger partial charge in [-0.2, -0.15) is 0 Å². The molecular weight excluding hydrogens is 254 g/mol. The van der Waals surface area contributed by atoms with Crippen molar-refractivity contribution in [3.63, 3.8) is 0 Å². The van der Waals surface area contributed by atoms with E-state index in [0.717, 1.165) is 5.56 Å². The van der Waals surface area contributed by atoms with Gasteiger partial charge in [0.2, 0.25) is 0 Å². The van der Waals surface area contributed by atoms with Gasteiger partial charge in [0.1, 0.15) is 5.75 Å². The highest BCUT2D eigenvalue weighted by atomic mass is 35.5. The van der Waals surface area contributed by atoms with Crippen molar-refractivity contribution in [1.29, 1.82) is 0 Å². The molecule has 0 saturated carbocycles. The van der Waals surface area contributed by atoms with Crippen LogP contribution in [0.2, 0.25) is 5.02 Å². The summed E-state index contributed by atoms with van der Waals surface area (Å²) in [6, 6.07) is 3.43. The summed E-state index contributed by atoms with van der Waals surface area (Å²) in [7, 11) is 0. The monoisotopic (exact) mass is 271 g/mol. The van der Waals surface area contributed by atoms with Gasteiger partial charge in [-0.25, -0.2) is 4.79 Å². The van der Waals surface area contributed by atoms with Crippen LogP contribution in [0.4, 0.5) is 10.5 Å². The minimum absolute atomic E-state index is 0.163. The van der Waals surface area contributed by atoms with Crippen LogP contribution in [-0.2, 0) is 4.74 Å². The Labute approximate surface area is 112 Å². The number of hydrogen-bond acceptors (Lipinski definition) is 3. The van der Waals surface area contributed by atoms with Crippen molar-refractivity contribution in [2.75, 3.05) is 11.9 Å². The summed E-state index contributed by atoms with van der Waals surface area (Å²) in [5.41, 5.74) is 1.45. The highest BCUT2D eigenvalue weighted by molar-refractivity contribution is 6.32. The minimum atomic E-state index is -0.496. The first-order valence-electron chi connectivity index (χ1n) is 5.84.